The first-order chi connectivity index (χ1) is 14.9. The zero-order valence-corrected chi connectivity index (χ0v) is 19.0. The number of hydrogen-bond donors (Lipinski definition) is 1. The molecule has 31 heavy (non-hydrogen) atoms. The van der Waals surface area contributed by atoms with Gasteiger partial charge in [-0.1, -0.05) is 17.8 Å². The molecule has 0 fully saturated rings. The molecular formula is C23H26N4O3S. The van der Waals surface area contributed by atoms with Crippen molar-refractivity contribution in [1.82, 2.24) is 14.8 Å². The highest BCUT2D eigenvalue weighted by atomic mass is 32.2. The van der Waals surface area contributed by atoms with Crippen molar-refractivity contribution in [3.05, 3.63) is 65.0 Å². The Labute approximate surface area is 186 Å². The van der Waals surface area contributed by atoms with Gasteiger partial charge in [0.2, 0.25) is 5.91 Å². The van der Waals surface area contributed by atoms with Gasteiger partial charge in [0.05, 0.1) is 19.3 Å². The van der Waals surface area contributed by atoms with Crippen LogP contribution in [0, 0.1) is 13.8 Å². The number of nitrogens with one attached hydrogen (secondary N) is 1. The van der Waals surface area contributed by atoms with Crippen molar-refractivity contribution >= 4 is 29.1 Å². The van der Waals surface area contributed by atoms with Crippen LogP contribution in [0.25, 0.3) is 0 Å². The third-order valence-electron chi connectivity index (χ3n) is 4.96. The molecular weight excluding hydrogens is 412 g/mol. The SMILES string of the molecule is CCn1c(CC(=O)Nc2ccc(C)c(C)c2)nnc1SCC(=O)c1ccc(OC)cc1. The van der Waals surface area contributed by atoms with Gasteiger partial charge in [0.1, 0.15) is 11.6 Å². The van der Waals surface area contributed by atoms with Gasteiger partial charge in [-0.25, -0.2) is 0 Å². The number of Topliss-reactive ketones (excluding diaryl/α,β-unsaturated/α-hetero) is 1. The number of methoxy groups -OCH3 is 1. The zero-order valence-electron chi connectivity index (χ0n) is 18.1. The van der Waals surface area contributed by atoms with Gasteiger partial charge in [0.15, 0.2) is 10.9 Å². The lowest BCUT2D eigenvalue weighted by Gasteiger charge is -2.09. The van der Waals surface area contributed by atoms with Gasteiger partial charge in [0, 0.05) is 17.8 Å². The molecule has 1 heterocycles. The second kappa shape index (κ2) is 10.3. The van der Waals surface area contributed by atoms with Gasteiger partial charge >= 0.3 is 0 Å². The van der Waals surface area contributed by atoms with E-state index in [1.165, 1.54) is 17.3 Å². The summed E-state index contributed by atoms with van der Waals surface area (Å²) in [6.07, 6.45) is 0.112. The molecule has 1 amide bonds. The van der Waals surface area contributed by atoms with E-state index in [2.05, 4.69) is 15.5 Å². The highest BCUT2D eigenvalue weighted by molar-refractivity contribution is 7.99. The first kappa shape index (κ1) is 22.6. The Balaban J connectivity index is 1.62. The second-order valence-corrected chi connectivity index (χ2v) is 8.05. The Morgan fingerprint density at radius 3 is 2.45 bits per heavy atom. The van der Waals surface area contributed by atoms with Crippen LogP contribution in [0.1, 0.15) is 34.2 Å². The Hall–Kier alpha value is -3.13. The number of anilines is 1. The molecule has 2 aromatic carbocycles. The molecule has 0 aliphatic heterocycles. The summed E-state index contributed by atoms with van der Waals surface area (Å²) in [4.78, 5) is 25.0. The van der Waals surface area contributed by atoms with Gasteiger partial charge in [-0.15, -0.1) is 10.2 Å². The smallest absolute Gasteiger partial charge is 0.232 e. The Kier molecular flexibility index (Phi) is 7.46. The summed E-state index contributed by atoms with van der Waals surface area (Å²) in [5.41, 5.74) is 3.67. The van der Waals surface area contributed by atoms with E-state index in [1.54, 1.807) is 31.4 Å². The minimum Gasteiger partial charge on any atom is -0.497 e. The van der Waals surface area contributed by atoms with Crippen LogP contribution in [0.4, 0.5) is 5.69 Å². The summed E-state index contributed by atoms with van der Waals surface area (Å²) in [5, 5.41) is 11.9. The van der Waals surface area contributed by atoms with Gasteiger partial charge in [-0.3, -0.25) is 9.59 Å². The highest BCUT2D eigenvalue weighted by Crippen LogP contribution is 2.20. The molecule has 0 spiro atoms. The monoisotopic (exact) mass is 438 g/mol. The summed E-state index contributed by atoms with van der Waals surface area (Å²) in [6, 6.07) is 12.8. The van der Waals surface area contributed by atoms with Crippen molar-refractivity contribution in [2.75, 3.05) is 18.2 Å². The Morgan fingerprint density at radius 2 is 1.81 bits per heavy atom. The van der Waals surface area contributed by atoms with E-state index in [4.69, 9.17) is 4.74 Å². The van der Waals surface area contributed by atoms with Crippen LogP contribution in [0.2, 0.25) is 0 Å². The number of benzene rings is 2. The number of aromatic nitrogens is 3. The molecule has 1 N–H and O–H groups in total. The van der Waals surface area contributed by atoms with E-state index < -0.39 is 0 Å². The maximum Gasteiger partial charge on any atom is 0.232 e. The largest absolute Gasteiger partial charge is 0.497 e. The first-order valence-electron chi connectivity index (χ1n) is 10.0. The second-order valence-electron chi connectivity index (χ2n) is 7.11. The van der Waals surface area contributed by atoms with Crippen molar-refractivity contribution < 1.29 is 14.3 Å². The molecule has 3 rings (SSSR count). The van der Waals surface area contributed by atoms with Crippen LogP contribution in [-0.4, -0.2) is 39.3 Å². The molecule has 1 aromatic heterocycles. The predicted octanol–water partition coefficient (Wildman–Crippen LogP) is 4.08. The van der Waals surface area contributed by atoms with E-state index in [-0.39, 0.29) is 23.9 Å². The summed E-state index contributed by atoms with van der Waals surface area (Å²) in [6.45, 7) is 6.61. The van der Waals surface area contributed by atoms with Crippen LogP contribution in [-0.2, 0) is 17.8 Å². The Morgan fingerprint density at radius 1 is 1.06 bits per heavy atom. The molecule has 0 radical (unpaired) electrons. The normalized spacial score (nSPS) is 10.7. The summed E-state index contributed by atoms with van der Waals surface area (Å²) in [5.74, 6) is 1.35. The van der Waals surface area contributed by atoms with E-state index in [1.807, 2.05) is 43.5 Å². The van der Waals surface area contributed by atoms with Crippen molar-refractivity contribution in [1.29, 1.82) is 0 Å². The maximum atomic E-state index is 12.5. The van der Waals surface area contributed by atoms with Crippen molar-refractivity contribution in [3.63, 3.8) is 0 Å². The average molecular weight is 439 g/mol. The summed E-state index contributed by atoms with van der Waals surface area (Å²) < 4.78 is 6.99. The molecule has 0 atom stereocenters. The van der Waals surface area contributed by atoms with Crippen LogP contribution in [0.3, 0.4) is 0 Å². The molecule has 3 aromatic rings. The van der Waals surface area contributed by atoms with Crippen LogP contribution in [0.15, 0.2) is 47.6 Å². The van der Waals surface area contributed by atoms with E-state index in [9.17, 15) is 9.59 Å². The lowest BCUT2D eigenvalue weighted by atomic mass is 10.1. The highest BCUT2D eigenvalue weighted by Gasteiger charge is 2.17. The number of ketones is 1. The predicted molar refractivity (Wildman–Crippen MR) is 122 cm³/mol. The van der Waals surface area contributed by atoms with E-state index >= 15 is 0 Å². The van der Waals surface area contributed by atoms with Gasteiger partial charge in [-0.2, -0.15) is 0 Å². The number of hydrogen-bond acceptors (Lipinski definition) is 6. The van der Waals surface area contributed by atoms with Crippen molar-refractivity contribution in [2.45, 2.75) is 38.9 Å². The number of aryl methyl sites for hydroxylation is 2. The molecule has 0 unspecified atom stereocenters. The number of carbonyl (C=O) groups excluding carboxylic acids is 2. The maximum absolute atomic E-state index is 12.5. The average Bonchev–Trinajstić information content (AvgIpc) is 3.15. The fourth-order valence-electron chi connectivity index (χ4n) is 3.03. The van der Waals surface area contributed by atoms with Crippen molar-refractivity contribution in [2.24, 2.45) is 0 Å². The number of thioether (sulfide) groups is 1. The molecule has 8 heteroatoms. The fourth-order valence-corrected chi connectivity index (χ4v) is 3.95. The first-order valence-corrected chi connectivity index (χ1v) is 11.0. The molecule has 0 aliphatic carbocycles. The molecule has 0 aliphatic rings. The van der Waals surface area contributed by atoms with E-state index in [0.29, 0.717) is 28.8 Å². The molecule has 0 saturated carbocycles. The van der Waals surface area contributed by atoms with Gasteiger partial charge in [-0.05, 0) is 68.3 Å². The Bertz CT molecular complexity index is 1080. The number of rotatable bonds is 9. The quantitative estimate of drug-likeness (QED) is 0.400. The fraction of sp³-hybridized carbons (Fsp3) is 0.304. The van der Waals surface area contributed by atoms with Crippen LogP contribution in [0.5, 0.6) is 5.75 Å². The number of ether oxygens (including phenoxy) is 1. The topological polar surface area (TPSA) is 86.1 Å². The summed E-state index contributed by atoms with van der Waals surface area (Å²) >= 11 is 1.32. The van der Waals surface area contributed by atoms with Crippen molar-refractivity contribution in [3.8, 4) is 5.75 Å². The summed E-state index contributed by atoms with van der Waals surface area (Å²) in [7, 11) is 1.59. The molecule has 162 valence electrons. The standard InChI is InChI=1S/C23H26N4O3S/c1-5-27-21(13-22(29)24-18-9-6-15(2)16(3)12-18)25-26-23(27)31-14-20(28)17-7-10-19(30-4)11-8-17/h6-12H,5,13-14H2,1-4H3,(H,24,29). The van der Waals surface area contributed by atoms with Gasteiger partial charge < -0.3 is 14.6 Å². The van der Waals surface area contributed by atoms with Crippen LogP contribution >= 0.6 is 11.8 Å². The molecule has 0 saturated heterocycles. The third-order valence-corrected chi connectivity index (χ3v) is 5.93. The van der Waals surface area contributed by atoms with Gasteiger partial charge in [0.25, 0.3) is 0 Å². The lowest BCUT2D eigenvalue weighted by molar-refractivity contribution is -0.115. The molecule has 7 nitrogen and oxygen atoms in total. The zero-order chi connectivity index (χ0) is 22.4. The number of nitrogens with zero attached hydrogens (tertiary/aromatic N) is 3. The lowest BCUT2D eigenvalue weighted by Crippen LogP contribution is -2.18. The van der Waals surface area contributed by atoms with E-state index in [0.717, 1.165) is 11.3 Å². The third kappa shape index (κ3) is 5.73. The minimum atomic E-state index is -0.156. The minimum absolute atomic E-state index is 0.00709. The number of amides is 1. The van der Waals surface area contributed by atoms with Crippen LogP contribution < -0.4 is 10.1 Å². The number of carbonyl (C=O) groups is 2. The molecule has 0 bridgehead atoms.